The fraction of sp³-hybridized carbons (Fsp3) is 0.533. The number of nitrogens with zero attached hydrogens (tertiary/aromatic N) is 1. The number of aromatic hydroxyl groups is 1. The molecular weight excluding hydrogens is 242 g/mol. The van der Waals surface area contributed by atoms with Gasteiger partial charge in [0.25, 0.3) is 0 Å². The summed E-state index contributed by atoms with van der Waals surface area (Å²) >= 11 is 0. The van der Waals surface area contributed by atoms with Crippen LogP contribution in [0.15, 0.2) is 24.3 Å². The molecule has 0 spiro atoms. The van der Waals surface area contributed by atoms with Crippen LogP contribution in [0.1, 0.15) is 31.2 Å². The number of ether oxygens (including phenoxy) is 1. The lowest BCUT2D eigenvalue weighted by Gasteiger charge is -2.32. The molecule has 1 aromatic carbocycles. The molecule has 0 radical (unpaired) electrons. The zero-order valence-corrected chi connectivity index (χ0v) is 11.3. The molecule has 1 aliphatic rings. The van der Waals surface area contributed by atoms with E-state index in [1.807, 2.05) is 24.0 Å². The number of phenolic OH excluding ortho intramolecular Hbond substituents is 1. The van der Waals surface area contributed by atoms with Crippen molar-refractivity contribution in [2.24, 2.45) is 0 Å². The van der Waals surface area contributed by atoms with Crippen molar-refractivity contribution in [1.29, 1.82) is 0 Å². The maximum Gasteiger partial charge on any atom is 0.248 e. The minimum Gasteiger partial charge on any atom is -0.508 e. The minimum absolute atomic E-state index is 0.0889. The molecule has 1 heterocycles. The minimum atomic E-state index is 0.0889. The van der Waals surface area contributed by atoms with Crippen molar-refractivity contribution < 1.29 is 14.6 Å². The zero-order chi connectivity index (χ0) is 13.7. The Labute approximate surface area is 114 Å². The summed E-state index contributed by atoms with van der Waals surface area (Å²) in [5.41, 5.74) is 1.25. The average Bonchev–Trinajstić information content (AvgIpc) is 2.46. The number of hydrogen-bond donors (Lipinski definition) is 1. The highest BCUT2D eigenvalue weighted by molar-refractivity contribution is 5.77. The van der Waals surface area contributed by atoms with E-state index in [-0.39, 0.29) is 12.5 Å². The van der Waals surface area contributed by atoms with E-state index in [0.29, 0.717) is 18.3 Å². The van der Waals surface area contributed by atoms with Crippen LogP contribution in [-0.2, 0) is 9.53 Å². The van der Waals surface area contributed by atoms with Crippen LogP contribution in [0.5, 0.6) is 5.75 Å². The van der Waals surface area contributed by atoms with Crippen molar-refractivity contribution in [3.8, 4) is 5.75 Å². The van der Waals surface area contributed by atoms with Crippen LogP contribution in [0.25, 0.3) is 0 Å². The molecule has 19 heavy (non-hydrogen) atoms. The normalized spacial score (nSPS) is 16.6. The van der Waals surface area contributed by atoms with Crippen molar-refractivity contribution in [2.45, 2.75) is 25.7 Å². The second-order valence-corrected chi connectivity index (χ2v) is 4.88. The van der Waals surface area contributed by atoms with Gasteiger partial charge in [-0.3, -0.25) is 4.79 Å². The summed E-state index contributed by atoms with van der Waals surface area (Å²) in [6.07, 6.45) is 1.95. The Morgan fingerprint density at radius 3 is 2.53 bits per heavy atom. The van der Waals surface area contributed by atoms with Gasteiger partial charge in [-0.15, -0.1) is 0 Å². The number of piperidine rings is 1. The smallest absolute Gasteiger partial charge is 0.248 e. The van der Waals surface area contributed by atoms with Crippen molar-refractivity contribution in [1.82, 2.24) is 4.90 Å². The van der Waals surface area contributed by atoms with E-state index >= 15 is 0 Å². The third-order valence-electron chi connectivity index (χ3n) is 3.64. The van der Waals surface area contributed by atoms with Gasteiger partial charge >= 0.3 is 0 Å². The number of carbonyl (C=O) groups is 1. The summed E-state index contributed by atoms with van der Waals surface area (Å²) in [6, 6.07) is 7.39. The molecule has 1 amide bonds. The van der Waals surface area contributed by atoms with Crippen LogP contribution in [0.4, 0.5) is 0 Å². The van der Waals surface area contributed by atoms with E-state index in [1.165, 1.54) is 5.56 Å². The Bertz CT molecular complexity index is 408. The maximum absolute atomic E-state index is 11.8. The summed E-state index contributed by atoms with van der Waals surface area (Å²) in [5, 5.41) is 9.29. The molecule has 0 aliphatic carbocycles. The van der Waals surface area contributed by atoms with Gasteiger partial charge in [-0.25, -0.2) is 0 Å². The van der Waals surface area contributed by atoms with E-state index in [9.17, 15) is 9.90 Å². The third-order valence-corrected chi connectivity index (χ3v) is 3.64. The fourth-order valence-electron chi connectivity index (χ4n) is 2.49. The first-order valence-electron chi connectivity index (χ1n) is 6.85. The van der Waals surface area contributed by atoms with Gasteiger partial charge in [-0.05, 0) is 43.4 Å². The van der Waals surface area contributed by atoms with Crippen LogP contribution < -0.4 is 0 Å². The Hall–Kier alpha value is -1.55. The molecule has 1 saturated heterocycles. The van der Waals surface area contributed by atoms with Crippen molar-refractivity contribution >= 4 is 5.91 Å². The Morgan fingerprint density at radius 1 is 1.32 bits per heavy atom. The molecule has 1 fully saturated rings. The molecule has 1 aliphatic heterocycles. The third kappa shape index (κ3) is 3.70. The first-order chi connectivity index (χ1) is 9.20. The first-order valence-corrected chi connectivity index (χ1v) is 6.85. The number of rotatable bonds is 4. The van der Waals surface area contributed by atoms with Crippen molar-refractivity contribution in [3.05, 3.63) is 29.8 Å². The van der Waals surface area contributed by atoms with Gasteiger partial charge in [0.15, 0.2) is 0 Å². The highest BCUT2D eigenvalue weighted by Gasteiger charge is 2.23. The molecule has 2 rings (SSSR count). The average molecular weight is 263 g/mol. The number of benzene rings is 1. The standard InChI is InChI=1S/C15H21NO3/c1-2-19-11-15(18)16-9-7-13(8-10-16)12-3-5-14(17)6-4-12/h3-6,13,17H,2,7-11H2,1H3. The SMILES string of the molecule is CCOCC(=O)N1CCC(c2ccc(O)cc2)CC1. The van der Waals surface area contributed by atoms with Crippen molar-refractivity contribution in [2.75, 3.05) is 26.3 Å². The lowest BCUT2D eigenvalue weighted by molar-refractivity contribution is -0.137. The van der Waals surface area contributed by atoms with Crippen LogP contribution >= 0.6 is 0 Å². The Morgan fingerprint density at radius 2 is 1.95 bits per heavy atom. The molecule has 1 aromatic rings. The lowest BCUT2D eigenvalue weighted by Crippen LogP contribution is -2.39. The maximum atomic E-state index is 11.8. The molecule has 4 heteroatoms. The largest absolute Gasteiger partial charge is 0.508 e. The first kappa shape index (κ1) is 13.9. The topological polar surface area (TPSA) is 49.8 Å². The fourth-order valence-corrected chi connectivity index (χ4v) is 2.49. The van der Waals surface area contributed by atoms with Gasteiger partial charge in [-0.2, -0.15) is 0 Å². The lowest BCUT2D eigenvalue weighted by atomic mass is 9.89. The zero-order valence-electron chi connectivity index (χ0n) is 11.3. The van der Waals surface area contributed by atoms with E-state index < -0.39 is 0 Å². The van der Waals surface area contributed by atoms with E-state index in [1.54, 1.807) is 12.1 Å². The summed E-state index contributed by atoms with van der Waals surface area (Å²) in [4.78, 5) is 13.7. The predicted molar refractivity (Wildman–Crippen MR) is 73.2 cm³/mol. The summed E-state index contributed by atoms with van der Waals surface area (Å²) in [6.45, 7) is 4.25. The predicted octanol–water partition coefficient (Wildman–Crippen LogP) is 2.13. The quantitative estimate of drug-likeness (QED) is 0.905. The van der Waals surface area contributed by atoms with Gasteiger partial charge < -0.3 is 14.7 Å². The second kappa shape index (κ2) is 6.57. The highest BCUT2D eigenvalue weighted by atomic mass is 16.5. The van der Waals surface area contributed by atoms with E-state index in [0.717, 1.165) is 25.9 Å². The number of amides is 1. The van der Waals surface area contributed by atoms with Crippen LogP contribution in [0, 0.1) is 0 Å². The number of likely N-dealkylation sites (tertiary alicyclic amines) is 1. The summed E-state index contributed by atoms with van der Waals surface area (Å²) < 4.78 is 5.15. The molecule has 4 nitrogen and oxygen atoms in total. The molecule has 104 valence electrons. The van der Waals surface area contributed by atoms with Crippen LogP contribution in [-0.4, -0.2) is 42.2 Å². The number of hydrogen-bond acceptors (Lipinski definition) is 3. The van der Waals surface area contributed by atoms with Gasteiger partial charge in [-0.1, -0.05) is 12.1 Å². The Balaban J connectivity index is 1.85. The van der Waals surface area contributed by atoms with Gasteiger partial charge in [0, 0.05) is 19.7 Å². The molecule has 0 saturated carbocycles. The van der Waals surface area contributed by atoms with Crippen LogP contribution in [0.3, 0.4) is 0 Å². The molecular formula is C15H21NO3. The highest BCUT2D eigenvalue weighted by Crippen LogP contribution is 2.28. The summed E-state index contributed by atoms with van der Waals surface area (Å²) in [7, 11) is 0. The van der Waals surface area contributed by atoms with Crippen LogP contribution in [0.2, 0.25) is 0 Å². The van der Waals surface area contributed by atoms with Crippen molar-refractivity contribution in [3.63, 3.8) is 0 Å². The van der Waals surface area contributed by atoms with E-state index in [2.05, 4.69) is 0 Å². The number of phenols is 1. The molecule has 0 aromatic heterocycles. The molecule has 0 unspecified atom stereocenters. The summed E-state index contributed by atoms with van der Waals surface area (Å²) in [5.74, 6) is 0.871. The van der Waals surface area contributed by atoms with E-state index in [4.69, 9.17) is 4.74 Å². The number of carbonyl (C=O) groups excluding carboxylic acids is 1. The molecule has 0 bridgehead atoms. The second-order valence-electron chi connectivity index (χ2n) is 4.88. The molecule has 0 atom stereocenters. The molecule has 1 N–H and O–H groups in total. The van der Waals surface area contributed by atoms with Gasteiger partial charge in [0.05, 0.1) is 0 Å². The monoisotopic (exact) mass is 263 g/mol. The Kier molecular flexibility index (Phi) is 4.80. The van der Waals surface area contributed by atoms with Gasteiger partial charge in [0.1, 0.15) is 12.4 Å². The van der Waals surface area contributed by atoms with Gasteiger partial charge in [0.2, 0.25) is 5.91 Å².